The number of rotatable bonds is 3. The number of sulfonamides is 1. The standard InChI is InChI=1S/C11H16N2O5S/c1-11(2)5-4-6-13(11)19(15,16)9-7-8(12-18-9)10(14)17-3/h7H,4-6H2,1-3H3. The van der Waals surface area contributed by atoms with Crippen molar-refractivity contribution in [3.05, 3.63) is 11.8 Å². The van der Waals surface area contributed by atoms with Gasteiger partial charge in [-0.1, -0.05) is 5.16 Å². The van der Waals surface area contributed by atoms with Crippen LogP contribution in [0.2, 0.25) is 0 Å². The number of aromatic nitrogens is 1. The van der Waals surface area contributed by atoms with E-state index in [0.29, 0.717) is 6.54 Å². The highest BCUT2D eigenvalue weighted by Gasteiger charge is 2.42. The molecule has 0 unspecified atom stereocenters. The molecule has 0 saturated carbocycles. The smallest absolute Gasteiger partial charge is 0.360 e. The first-order chi connectivity index (χ1) is 8.79. The average Bonchev–Trinajstić information content (AvgIpc) is 2.94. The Morgan fingerprint density at radius 1 is 1.53 bits per heavy atom. The van der Waals surface area contributed by atoms with Crippen LogP contribution in [-0.4, -0.2) is 43.0 Å². The lowest BCUT2D eigenvalue weighted by molar-refractivity contribution is 0.0588. The Morgan fingerprint density at radius 3 is 2.74 bits per heavy atom. The normalized spacial score (nSPS) is 19.5. The zero-order valence-electron chi connectivity index (χ0n) is 11.0. The summed E-state index contributed by atoms with van der Waals surface area (Å²) in [5, 5.41) is 3.09. The van der Waals surface area contributed by atoms with Crippen LogP contribution in [0.15, 0.2) is 15.7 Å². The van der Waals surface area contributed by atoms with Crippen LogP contribution in [0, 0.1) is 0 Å². The number of ether oxygens (including phenoxy) is 1. The summed E-state index contributed by atoms with van der Waals surface area (Å²) in [6.07, 6.45) is 1.58. The largest absolute Gasteiger partial charge is 0.464 e. The van der Waals surface area contributed by atoms with Gasteiger partial charge in [0.1, 0.15) is 0 Å². The minimum Gasteiger partial charge on any atom is -0.464 e. The van der Waals surface area contributed by atoms with Crippen LogP contribution < -0.4 is 0 Å². The third-order valence-electron chi connectivity index (χ3n) is 3.25. The third-order valence-corrected chi connectivity index (χ3v) is 5.21. The third kappa shape index (κ3) is 2.37. The lowest BCUT2D eigenvalue weighted by Crippen LogP contribution is -2.42. The van der Waals surface area contributed by atoms with Crippen molar-refractivity contribution < 1.29 is 22.5 Å². The molecule has 19 heavy (non-hydrogen) atoms. The topological polar surface area (TPSA) is 89.7 Å². The lowest BCUT2D eigenvalue weighted by Gasteiger charge is -2.29. The van der Waals surface area contributed by atoms with E-state index in [0.717, 1.165) is 18.9 Å². The van der Waals surface area contributed by atoms with Crippen LogP contribution in [0.5, 0.6) is 0 Å². The minimum absolute atomic E-state index is 0.155. The summed E-state index contributed by atoms with van der Waals surface area (Å²) in [4.78, 5) is 11.2. The fourth-order valence-corrected chi connectivity index (χ4v) is 3.94. The van der Waals surface area contributed by atoms with Crippen LogP contribution in [0.25, 0.3) is 0 Å². The summed E-state index contributed by atoms with van der Waals surface area (Å²) < 4.78 is 35.4. The zero-order chi connectivity index (χ0) is 14.3. The molecule has 0 aromatic carbocycles. The van der Waals surface area contributed by atoms with Gasteiger partial charge in [0.15, 0.2) is 5.69 Å². The second-order valence-corrected chi connectivity index (χ2v) is 6.81. The van der Waals surface area contributed by atoms with E-state index in [1.54, 1.807) is 0 Å². The van der Waals surface area contributed by atoms with Crippen LogP contribution in [-0.2, 0) is 14.8 Å². The molecule has 0 amide bonds. The van der Waals surface area contributed by atoms with Gasteiger partial charge >= 0.3 is 5.97 Å². The maximum absolute atomic E-state index is 12.4. The van der Waals surface area contributed by atoms with Gasteiger partial charge in [-0.15, -0.1) is 0 Å². The minimum atomic E-state index is -3.77. The summed E-state index contributed by atoms with van der Waals surface area (Å²) in [6, 6.07) is 1.09. The number of methoxy groups -OCH3 is 1. The molecule has 1 aliphatic rings. The average molecular weight is 288 g/mol. The quantitative estimate of drug-likeness (QED) is 0.771. The Bertz CT molecular complexity index is 590. The van der Waals surface area contributed by atoms with E-state index in [1.807, 2.05) is 13.8 Å². The van der Waals surface area contributed by atoms with Crippen LogP contribution in [0.4, 0.5) is 0 Å². The second kappa shape index (κ2) is 4.61. The summed E-state index contributed by atoms with van der Waals surface area (Å²) >= 11 is 0. The lowest BCUT2D eigenvalue weighted by atomic mass is 10.0. The van der Waals surface area contributed by atoms with E-state index >= 15 is 0 Å². The van der Waals surface area contributed by atoms with Gasteiger partial charge in [-0.05, 0) is 26.7 Å². The highest BCUT2D eigenvalue weighted by atomic mass is 32.2. The van der Waals surface area contributed by atoms with Crippen molar-refractivity contribution >= 4 is 16.0 Å². The molecule has 2 heterocycles. The maximum Gasteiger partial charge on any atom is 0.360 e. The predicted molar refractivity (Wildman–Crippen MR) is 65.0 cm³/mol. The van der Waals surface area contributed by atoms with Crippen LogP contribution in [0.1, 0.15) is 37.2 Å². The van der Waals surface area contributed by atoms with Gasteiger partial charge in [0.2, 0.25) is 0 Å². The van der Waals surface area contributed by atoms with E-state index in [4.69, 9.17) is 4.52 Å². The molecule has 1 saturated heterocycles. The Hall–Kier alpha value is -1.41. The molecule has 0 atom stereocenters. The van der Waals surface area contributed by atoms with E-state index in [1.165, 1.54) is 11.4 Å². The van der Waals surface area contributed by atoms with Crippen molar-refractivity contribution in [3.8, 4) is 0 Å². The first kappa shape index (κ1) is 14.0. The van der Waals surface area contributed by atoms with Gasteiger partial charge in [0.05, 0.1) is 7.11 Å². The molecule has 0 spiro atoms. The van der Waals surface area contributed by atoms with Crippen molar-refractivity contribution in [1.29, 1.82) is 0 Å². The first-order valence-electron chi connectivity index (χ1n) is 5.87. The Kier molecular flexibility index (Phi) is 3.40. The molecule has 1 aliphatic heterocycles. The van der Waals surface area contributed by atoms with Crippen LogP contribution >= 0.6 is 0 Å². The molecule has 106 valence electrons. The summed E-state index contributed by atoms with van der Waals surface area (Å²) in [5.74, 6) is -0.731. The van der Waals surface area contributed by atoms with Crippen molar-refractivity contribution in [2.75, 3.05) is 13.7 Å². The van der Waals surface area contributed by atoms with Crippen molar-refractivity contribution in [2.24, 2.45) is 0 Å². The number of hydrogen-bond donors (Lipinski definition) is 0. The highest BCUT2D eigenvalue weighted by Crippen LogP contribution is 2.33. The molecule has 0 bridgehead atoms. The van der Waals surface area contributed by atoms with Crippen molar-refractivity contribution in [2.45, 2.75) is 37.3 Å². The van der Waals surface area contributed by atoms with Gasteiger partial charge < -0.3 is 9.26 Å². The maximum atomic E-state index is 12.4. The zero-order valence-corrected chi connectivity index (χ0v) is 11.9. The molecule has 7 nitrogen and oxygen atoms in total. The number of carbonyl (C=O) groups excluding carboxylic acids is 1. The molecular weight excluding hydrogens is 272 g/mol. The fourth-order valence-electron chi connectivity index (χ4n) is 2.22. The molecular formula is C11H16N2O5S. The molecule has 1 aromatic heterocycles. The van der Waals surface area contributed by atoms with E-state index < -0.39 is 21.5 Å². The van der Waals surface area contributed by atoms with E-state index in [-0.39, 0.29) is 10.8 Å². The predicted octanol–water partition coefficient (Wildman–Crippen LogP) is 1.02. The Balaban J connectivity index is 2.35. The molecule has 0 N–H and O–H groups in total. The number of esters is 1. The Labute approximate surface area is 111 Å². The SMILES string of the molecule is COC(=O)c1cc(S(=O)(=O)N2CCCC2(C)C)on1. The second-order valence-electron chi connectivity index (χ2n) is 5.02. The number of hydrogen-bond acceptors (Lipinski definition) is 6. The summed E-state index contributed by atoms with van der Waals surface area (Å²) in [5.41, 5.74) is -0.616. The molecule has 2 rings (SSSR count). The van der Waals surface area contributed by atoms with Gasteiger partial charge in [0, 0.05) is 18.2 Å². The van der Waals surface area contributed by atoms with E-state index in [9.17, 15) is 13.2 Å². The molecule has 0 aliphatic carbocycles. The molecule has 1 aromatic rings. The van der Waals surface area contributed by atoms with Gasteiger partial charge in [0.25, 0.3) is 15.1 Å². The van der Waals surface area contributed by atoms with Gasteiger partial charge in [-0.25, -0.2) is 13.2 Å². The summed E-state index contributed by atoms with van der Waals surface area (Å²) in [7, 11) is -2.58. The summed E-state index contributed by atoms with van der Waals surface area (Å²) in [6.45, 7) is 4.15. The number of nitrogens with zero attached hydrogens (tertiary/aromatic N) is 2. The van der Waals surface area contributed by atoms with E-state index in [2.05, 4.69) is 9.89 Å². The molecule has 1 fully saturated rings. The first-order valence-corrected chi connectivity index (χ1v) is 7.31. The Morgan fingerprint density at radius 2 is 2.21 bits per heavy atom. The molecule has 8 heteroatoms. The van der Waals surface area contributed by atoms with Gasteiger partial charge in [-0.3, -0.25) is 0 Å². The van der Waals surface area contributed by atoms with Crippen LogP contribution in [0.3, 0.4) is 0 Å². The van der Waals surface area contributed by atoms with Gasteiger partial charge in [-0.2, -0.15) is 4.31 Å². The molecule has 0 radical (unpaired) electrons. The monoisotopic (exact) mass is 288 g/mol. The number of carbonyl (C=O) groups is 1. The van der Waals surface area contributed by atoms with Crippen molar-refractivity contribution in [3.63, 3.8) is 0 Å². The van der Waals surface area contributed by atoms with Crippen molar-refractivity contribution in [1.82, 2.24) is 9.46 Å². The fraction of sp³-hybridized carbons (Fsp3) is 0.636. The highest BCUT2D eigenvalue weighted by molar-refractivity contribution is 7.89.